The number of nitrogens with one attached hydrogen (secondary N) is 1. The maximum atomic E-state index is 11.7. The third kappa shape index (κ3) is 2.58. The minimum absolute atomic E-state index is 0.243. The predicted octanol–water partition coefficient (Wildman–Crippen LogP) is 1.69. The second-order valence-corrected chi connectivity index (χ2v) is 5.05. The van der Waals surface area contributed by atoms with Crippen molar-refractivity contribution >= 4 is 35.0 Å². The third-order valence-electron chi connectivity index (χ3n) is 2.72. The van der Waals surface area contributed by atoms with Crippen molar-refractivity contribution in [2.45, 2.75) is 24.1 Å². The lowest BCUT2D eigenvalue weighted by atomic mass is 9.91. The number of halogens is 2. The number of pyridine rings is 1. The van der Waals surface area contributed by atoms with Gasteiger partial charge in [-0.25, -0.2) is 4.98 Å². The summed E-state index contributed by atoms with van der Waals surface area (Å²) >= 11 is 12.2. The standard InChI is InChI=1S/C11H10Cl2N2O2/c12-9-7(2-1-5-14-9)6-11(13)4-3-8(16)15-10(11)17/h1-2,5H,3-4,6H2,(H,15,16,17). The summed E-state index contributed by atoms with van der Waals surface area (Å²) in [5.41, 5.74) is 0.702. The van der Waals surface area contributed by atoms with E-state index in [2.05, 4.69) is 10.3 Å². The van der Waals surface area contributed by atoms with Gasteiger partial charge in [0.15, 0.2) is 0 Å². The molecule has 0 saturated carbocycles. The van der Waals surface area contributed by atoms with E-state index in [9.17, 15) is 9.59 Å². The number of imide groups is 1. The van der Waals surface area contributed by atoms with Gasteiger partial charge >= 0.3 is 0 Å². The van der Waals surface area contributed by atoms with Crippen molar-refractivity contribution in [1.82, 2.24) is 10.3 Å². The fourth-order valence-corrected chi connectivity index (χ4v) is 2.22. The first-order valence-electron chi connectivity index (χ1n) is 5.14. The summed E-state index contributed by atoms with van der Waals surface area (Å²) in [5, 5.41) is 2.57. The Balaban J connectivity index is 2.20. The highest BCUT2D eigenvalue weighted by Crippen LogP contribution is 2.31. The molecule has 2 rings (SSSR count). The smallest absolute Gasteiger partial charge is 0.248 e. The van der Waals surface area contributed by atoms with Crippen molar-refractivity contribution in [3.05, 3.63) is 29.0 Å². The van der Waals surface area contributed by atoms with Crippen LogP contribution in [0.4, 0.5) is 0 Å². The number of nitrogens with zero attached hydrogens (tertiary/aromatic N) is 1. The molecule has 1 atom stereocenters. The van der Waals surface area contributed by atoms with Crippen LogP contribution < -0.4 is 5.32 Å². The largest absolute Gasteiger partial charge is 0.295 e. The minimum Gasteiger partial charge on any atom is -0.295 e. The SMILES string of the molecule is O=C1CCC(Cl)(Cc2cccnc2Cl)C(=O)N1. The van der Waals surface area contributed by atoms with Gasteiger partial charge in [0, 0.05) is 19.0 Å². The maximum absolute atomic E-state index is 11.7. The molecule has 1 aromatic rings. The molecule has 0 radical (unpaired) electrons. The monoisotopic (exact) mass is 272 g/mol. The Kier molecular flexibility index (Phi) is 3.35. The molecule has 1 unspecified atom stereocenters. The quantitative estimate of drug-likeness (QED) is 0.507. The highest BCUT2D eigenvalue weighted by atomic mass is 35.5. The third-order valence-corrected chi connectivity index (χ3v) is 3.55. The number of alkyl halides is 1. The summed E-state index contributed by atoms with van der Waals surface area (Å²) in [4.78, 5) is 25.6. The van der Waals surface area contributed by atoms with Gasteiger partial charge in [0.1, 0.15) is 10.0 Å². The summed E-state index contributed by atoms with van der Waals surface area (Å²) < 4.78 is 0. The van der Waals surface area contributed by atoms with E-state index in [0.717, 1.165) is 0 Å². The van der Waals surface area contributed by atoms with Crippen molar-refractivity contribution in [1.29, 1.82) is 0 Å². The molecule has 90 valence electrons. The van der Waals surface area contributed by atoms with E-state index in [1.807, 2.05) is 0 Å². The molecule has 0 spiro atoms. The predicted molar refractivity (Wildman–Crippen MR) is 63.9 cm³/mol. The molecule has 0 bridgehead atoms. The zero-order valence-electron chi connectivity index (χ0n) is 8.87. The number of hydrogen-bond donors (Lipinski definition) is 1. The number of amides is 2. The first-order chi connectivity index (χ1) is 8.01. The molecule has 2 amide bonds. The molecule has 17 heavy (non-hydrogen) atoms. The topological polar surface area (TPSA) is 59.1 Å². The van der Waals surface area contributed by atoms with Gasteiger partial charge in [-0.2, -0.15) is 0 Å². The molecule has 1 aromatic heterocycles. The van der Waals surface area contributed by atoms with Gasteiger partial charge in [-0.05, 0) is 18.1 Å². The van der Waals surface area contributed by atoms with Crippen molar-refractivity contribution in [3.8, 4) is 0 Å². The molecule has 0 aromatic carbocycles. The van der Waals surface area contributed by atoms with Crippen LogP contribution in [0.1, 0.15) is 18.4 Å². The van der Waals surface area contributed by atoms with E-state index >= 15 is 0 Å². The number of hydrogen-bond acceptors (Lipinski definition) is 3. The fraction of sp³-hybridized carbons (Fsp3) is 0.364. The van der Waals surface area contributed by atoms with Crippen molar-refractivity contribution in [2.75, 3.05) is 0 Å². The molecule has 6 heteroatoms. The maximum Gasteiger partial charge on any atom is 0.248 e. The highest BCUT2D eigenvalue weighted by Gasteiger charge is 2.41. The summed E-state index contributed by atoms with van der Waals surface area (Å²) in [6, 6.07) is 3.50. The Bertz CT molecular complexity index is 478. The molecule has 1 saturated heterocycles. The van der Waals surface area contributed by atoms with E-state index in [1.165, 1.54) is 0 Å². The molecular formula is C11H10Cl2N2O2. The van der Waals surface area contributed by atoms with E-state index in [-0.39, 0.29) is 18.7 Å². The lowest BCUT2D eigenvalue weighted by Crippen LogP contribution is -2.51. The number of carbonyl (C=O) groups excluding carboxylic acids is 2. The van der Waals surface area contributed by atoms with Crippen LogP contribution in [-0.2, 0) is 16.0 Å². The van der Waals surface area contributed by atoms with Crippen molar-refractivity contribution < 1.29 is 9.59 Å². The van der Waals surface area contributed by atoms with Gasteiger partial charge in [-0.15, -0.1) is 11.6 Å². The molecular weight excluding hydrogens is 263 g/mol. The summed E-state index contributed by atoms with van der Waals surface area (Å²) in [6.45, 7) is 0. The van der Waals surface area contributed by atoms with Gasteiger partial charge in [0.2, 0.25) is 11.8 Å². The van der Waals surface area contributed by atoms with Gasteiger partial charge < -0.3 is 0 Å². The van der Waals surface area contributed by atoms with Crippen LogP contribution in [0, 0.1) is 0 Å². The molecule has 1 fully saturated rings. The van der Waals surface area contributed by atoms with E-state index in [0.29, 0.717) is 17.1 Å². The van der Waals surface area contributed by atoms with Crippen molar-refractivity contribution in [3.63, 3.8) is 0 Å². The fourth-order valence-electron chi connectivity index (χ4n) is 1.75. The molecule has 1 aliphatic rings. The van der Waals surface area contributed by atoms with E-state index in [4.69, 9.17) is 23.2 Å². The Labute approximate surface area is 108 Å². The summed E-state index contributed by atoms with van der Waals surface area (Å²) in [5.74, 6) is -0.751. The van der Waals surface area contributed by atoms with Crippen LogP contribution in [0.15, 0.2) is 18.3 Å². The summed E-state index contributed by atoms with van der Waals surface area (Å²) in [6.07, 6.45) is 2.38. The van der Waals surface area contributed by atoms with Gasteiger partial charge in [0.05, 0.1) is 0 Å². The van der Waals surface area contributed by atoms with Crippen LogP contribution in [0.2, 0.25) is 5.15 Å². The summed E-state index contributed by atoms with van der Waals surface area (Å²) in [7, 11) is 0. The van der Waals surface area contributed by atoms with E-state index < -0.39 is 10.8 Å². The number of rotatable bonds is 2. The average Bonchev–Trinajstić information content (AvgIpc) is 2.28. The first-order valence-corrected chi connectivity index (χ1v) is 5.89. The van der Waals surface area contributed by atoms with Gasteiger partial charge in [-0.1, -0.05) is 17.7 Å². The van der Waals surface area contributed by atoms with Crippen LogP contribution in [-0.4, -0.2) is 21.7 Å². The minimum atomic E-state index is -1.11. The Hall–Kier alpha value is -1.13. The van der Waals surface area contributed by atoms with Crippen molar-refractivity contribution in [2.24, 2.45) is 0 Å². The average molecular weight is 273 g/mol. The number of carbonyl (C=O) groups is 2. The molecule has 2 heterocycles. The highest BCUT2D eigenvalue weighted by molar-refractivity contribution is 6.37. The zero-order valence-corrected chi connectivity index (χ0v) is 10.4. The van der Waals surface area contributed by atoms with E-state index in [1.54, 1.807) is 18.3 Å². The van der Waals surface area contributed by atoms with Gasteiger partial charge in [-0.3, -0.25) is 14.9 Å². The van der Waals surface area contributed by atoms with Crippen LogP contribution >= 0.6 is 23.2 Å². The number of piperidine rings is 1. The molecule has 4 nitrogen and oxygen atoms in total. The second-order valence-electron chi connectivity index (χ2n) is 3.97. The Morgan fingerprint density at radius 2 is 2.24 bits per heavy atom. The lowest BCUT2D eigenvalue weighted by molar-refractivity contribution is -0.135. The Morgan fingerprint density at radius 1 is 1.47 bits per heavy atom. The molecule has 0 aliphatic carbocycles. The zero-order chi connectivity index (χ0) is 12.5. The lowest BCUT2D eigenvalue weighted by Gasteiger charge is -2.29. The van der Waals surface area contributed by atoms with Crippen LogP contribution in [0.3, 0.4) is 0 Å². The van der Waals surface area contributed by atoms with Gasteiger partial charge in [0.25, 0.3) is 0 Å². The van der Waals surface area contributed by atoms with Crippen LogP contribution in [0.25, 0.3) is 0 Å². The molecule has 1 aliphatic heterocycles. The normalized spacial score (nSPS) is 24.6. The first kappa shape index (κ1) is 12.3. The van der Waals surface area contributed by atoms with Crippen LogP contribution in [0.5, 0.6) is 0 Å². The molecule has 1 N–H and O–H groups in total. The second kappa shape index (κ2) is 4.63. The Morgan fingerprint density at radius 3 is 2.88 bits per heavy atom. The number of aromatic nitrogens is 1.